The Balaban J connectivity index is 1.23. The van der Waals surface area contributed by atoms with E-state index < -0.39 is 0 Å². The van der Waals surface area contributed by atoms with Crippen LogP contribution in [0, 0.1) is 0 Å². The first-order chi connectivity index (χ1) is 23.8. The van der Waals surface area contributed by atoms with Crippen LogP contribution in [-0.4, -0.2) is 19.5 Å². The van der Waals surface area contributed by atoms with E-state index in [1.165, 1.54) is 21.7 Å². The molecule has 0 radical (unpaired) electrons. The van der Waals surface area contributed by atoms with Crippen molar-refractivity contribution in [2.75, 3.05) is 4.90 Å². The summed E-state index contributed by atoms with van der Waals surface area (Å²) in [4.78, 5) is 17.7. The van der Waals surface area contributed by atoms with E-state index in [1.807, 2.05) is 18.2 Å². The summed E-state index contributed by atoms with van der Waals surface area (Å²) in [7, 11) is 0. The Morgan fingerprint density at radius 3 is 1.92 bits per heavy atom. The smallest absolute Gasteiger partial charge is 0.238 e. The number of aromatic nitrogens is 4. The Hall–Kier alpha value is -6.59. The molecule has 0 fully saturated rings. The minimum absolute atomic E-state index is 0.583. The second-order valence-corrected chi connectivity index (χ2v) is 12.1. The Bertz CT molecular complexity index is 2670. The number of anilines is 3. The van der Waals surface area contributed by atoms with Gasteiger partial charge in [0.2, 0.25) is 5.95 Å². The van der Waals surface area contributed by atoms with Gasteiger partial charge < -0.3 is 4.57 Å². The number of benzene rings is 7. The first-order valence-corrected chi connectivity index (χ1v) is 16.1. The lowest BCUT2D eigenvalue weighted by Gasteiger charge is -2.32. The van der Waals surface area contributed by atoms with Crippen LogP contribution in [0.1, 0.15) is 0 Å². The monoisotopic (exact) mass is 613 g/mol. The van der Waals surface area contributed by atoms with Crippen molar-refractivity contribution < 1.29 is 0 Å². The van der Waals surface area contributed by atoms with Crippen LogP contribution in [0.5, 0.6) is 0 Å². The average Bonchev–Trinajstić information content (AvgIpc) is 3.49. The van der Waals surface area contributed by atoms with Gasteiger partial charge in [0.25, 0.3) is 0 Å². The Morgan fingerprint density at radius 2 is 1.06 bits per heavy atom. The van der Waals surface area contributed by atoms with E-state index in [1.54, 1.807) is 0 Å². The molecule has 1 aliphatic rings. The van der Waals surface area contributed by atoms with Crippen LogP contribution in [-0.2, 0) is 0 Å². The third-order valence-corrected chi connectivity index (χ3v) is 9.36. The van der Waals surface area contributed by atoms with Crippen LogP contribution >= 0.6 is 0 Å². The third kappa shape index (κ3) is 4.01. The van der Waals surface area contributed by atoms with Crippen LogP contribution < -0.4 is 4.90 Å². The number of hydrogen-bond acceptors (Lipinski definition) is 4. The molecule has 9 aromatic rings. The fraction of sp³-hybridized carbons (Fsp3) is 0. The zero-order chi connectivity index (χ0) is 31.6. The number of para-hydroxylation sites is 3. The third-order valence-electron chi connectivity index (χ3n) is 9.36. The van der Waals surface area contributed by atoms with Gasteiger partial charge in [-0.25, -0.2) is 4.98 Å². The molecule has 0 atom stereocenters. The summed E-state index contributed by atoms with van der Waals surface area (Å²) in [5.41, 5.74) is 9.76. The maximum absolute atomic E-state index is 5.26. The van der Waals surface area contributed by atoms with Crippen molar-refractivity contribution in [1.82, 2.24) is 19.5 Å². The van der Waals surface area contributed by atoms with Crippen molar-refractivity contribution in [3.8, 4) is 39.6 Å². The van der Waals surface area contributed by atoms with Crippen LogP contribution in [0.25, 0.3) is 72.2 Å². The predicted molar refractivity (Wildman–Crippen MR) is 196 cm³/mol. The van der Waals surface area contributed by atoms with Crippen molar-refractivity contribution in [3.63, 3.8) is 0 Å². The standard InChI is InChI=1S/C43H27N5/c1-3-13-29(14-4-1)41-44-42(30-25-26-38-35(27-30)33-20-8-9-22-36(33)47(38)31-17-5-2-6-18-31)46-43(45-41)48-37-23-10-7-19-32(37)34-21-11-15-28-16-12-24-39(48)40(28)34/h1-27H. The lowest BCUT2D eigenvalue weighted by Crippen LogP contribution is -2.18. The van der Waals surface area contributed by atoms with Crippen LogP contribution in [0.4, 0.5) is 17.3 Å². The molecule has 1 aliphatic heterocycles. The highest BCUT2D eigenvalue weighted by Gasteiger charge is 2.28. The zero-order valence-corrected chi connectivity index (χ0v) is 25.8. The van der Waals surface area contributed by atoms with Crippen LogP contribution in [0.15, 0.2) is 164 Å². The summed E-state index contributed by atoms with van der Waals surface area (Å²) in [5.74, 6) is 1.84. The van der Waals surface area contributed by atoms with Crippen LogP contribution in [0.3, 0.4) is 0 Å². The minimum Gasteiger partial charge on any atom is -0.309 e. The SMILES string of the molecule is c1ccc(-c2nc(-c3ccc4c(c3)c3ccccc3n4-c3ccccc3)nc(N3c4ccccc4-c4cccc5cccc3c45)n2)cc1. The fourth-order valence-electron chi connectivity index (χ4n) is 7.25. The molecule has 3 heterocycles. The van der Waals surface area contributed by atoms with Gasteiger partial charge >= 0.3 is 0 Å². The summed E-state index contributed by atoms with van der Waals surface area (Å²) < 4.78 is 2.32. The summed E-state index contributed by atoms with van der Waals surface area (Å²) in [5, 5.41) is 4.71. The number of fused-ring (bicyclic) bond motifs is 5. The molecule has 0 spiro atoms. The van der Waals surface area contributed by atoms with Gasteiger partial charge in [0, 0.05) is 38.5 Å². The van der Waals surface area contributed by atoms with Crippen molar-refractivity contribution in [2.45, 2.75) is 0 Å². The number of rotatable bonds is 4. The van der Waals surface area contributed by atoms with Gasteiger partial charge in [-0.05, 0) is 59.5 Å². The summed E-state index contributed by atoms with van der Waals surface area (Å²) in [6.07, 6.45) is 0. The van der Waals surface area contributed by atoms with E-state index in [0.29, 0.717) is 17.6 Å². The van der Waals surface area contributed by atoms with Gasteiger partial charge in [-0.1, -0.05) is 115 Å². The van der Waals surface area contributed by atoms with Gasteiger partial charge in [-0.3, -0.25) is 4.90 Å². The lowest BCUT2D eigenvalue weighted by atomic mass is 9.91. The molecule has 0 bridgehead atoms. The quantitative estimate of drug-likeness (QED) is 0.198. The second kappa shape index (κ2) is 10.5. The largest absolute Gasteiger partial charge is 0.309 e. The maximum atomic E-state index is 5.26. The molecule has 0 saturated carbocycles. The Labute approximate surface area is 277 Å². The summed E-state index contributed by atoms with van der Waals surface area (Å²) >= 11 is 0. The van der Waals surface area contributed by atoms with Gasteiger partial charge in [-0.2, -0.15) is 9.97 Å². The van der Waals surface area contributed by atoms with Gasteiger partial charge in [-0.15, -0.1) is 0 Å². The first kappa shape index (κ1) is 26.6. The highest BCUT2D eigenvalue weighted by atomic mass is 15.3. The molecule has 10 rings (SSSR count). The van der Waals surface area contributed by atoms with Gasteiger partial charge in [0.05, 0.1) is 22.4 Å². The van der Waals surface area contributed by atoms with E-state index in [2.05, 4.69) is 155 Å². The molecular weight excluding hydrogens is 587 g/mol. The molecule has 0 saturated heterocycles. The van der Waals surface area contributed by atoms with Crippen molar-refractivity contribution in [2.24, 2.45) is 0 Å². The summed E-state index contributed by atoms with van der Waals surface area (Å²) in [6, 6.07) is 57.3. The summed E-state index contributed by atoms with van der Waals surface area (Å²) in [6.45, 7) is 0. The van der Waals surface area contributed by atoms with Crippen molar-refractivity contribution in [1.29, 1.82) is 0 Å². The van der Waals surface area contributed by atoms with Gasteiger partial charge in [0.15, 0.2) is 11.6 Å². The molecular formula is C43H27N5. The molecule has 7 aromatic carbocycles. The Kier molecular flexibility index (Phi) is 5.81. The molecule has 5 nitrogen and oxygen atoms in total. The van der Waals surface area contributed by atoms with E-state index in [4.69, 9.17) is 15.0 Å². The molecule has 0 N–H and O–H groups in total. The molecule has 0 aliphatic carbocycles. The van der Waals surface area contributed by atoms with E-state index in [-0.39, 0.29) is 0 Å². The average molecular weight is 614 g/mol. The molecule has 0 unspecified atom stereocenters. The topological polar surface area (TPSA) is 46.8 Å². The van der Waals surface area contributed by atoms with E-state index in [9.17, 15) is 0 Å². The normalized spacial score (nSPS) is 12.1. The predicted octanol–water partition coefficient (Wildman–Crippen LogP) is 10.9. The van der Waals surface area contributed by atoms with Crippen LogP contribution in [0.2, 0.25) is 0 Å². The van der Waals surface area contributed by atoms with E-state index in [0.717, 1.165) is 50.2 Å². The lowest BCUT2D eigenvalue weighted by molar-refractivity contribution is 1.02. The number of nitrogens with zero attached hydrogens (tertiary/aromatic N) is 5. The minimum atomic E-state index is 0.583. The number of hydrogen-bond donors (Lipinski definition) is 0. The molecule has 48 heavy (non-hydrogen) atoms. The maximum Gasteiger partial charge on any atom is 0.238 e. The van der Waals surface area contributed by atoms with Crippen molar-refractivity contribution in [3.05, 3.63) is 164 Å². The molecule has 2 aromatic heterocycles. The van der Waals surface area contributed by atoms with Gasteiger partial charge in [0.1, 0.15) is 0 Å². The Morgan fingerprint density at radius 1 is 0.417 bits per heavy atom. The highest BCUT2D eigenvalue weighted by Crippen LogP contribution is 2.50. The molecule has 5 heteroatoms. The first-order valence-electron chi connectivity index (χ1n) is 16.1. The molecule has 224 valence electrons. The molecule has 0 amide bonds. The second-order valence-electron chi connectivity index (χ2n) is 12.1. The van der Waals surface area contributed by atoms with E-state index >= 15 is 0 Å². The highest BCUT2D eigenvalue weighted by molar-refractivity contribution is 6.13. The zero-order valence-electron chi connectivity index (χ0n) is 25.8. The fourth-order valence-corrected chi connectivity index (χ4v) is 7.25. The van der Waals surface area contributed by atoms with Crippen molar-refractivity contribution >= 4 is 49.9 Å².